The Morgan fingerprint density at radius 2 is 2.00 bits per heavy atom. The molecule has 5 nitrogen and oxygen atoms in total. The number of carbonyl (C=O) groups excluding carboxylic acids is 2. The Balaban J connectivity index is 2.17. The van der Waals surface area contributed by atoms with E-state index in [1.165, 1.54) is 6.92 Å². The number of ether oxygens (including phenoxy) is 2. The van der Waals surface area contributed by atoms with Crippen LogP contribution in [0.4, 0.5) is 4.79 Å². The van der Waals surface area contributed by atoms with Crippen LogP contribution in [0.5, 0.6) is 0 Å². The number of esters is 1. The summed E-state index contributed by atoms with van der Waals surface area (Å²) in [6, 6.07) is 9.60. The van der Waals surface area contributed by atoms with E-state index in [1.807, 2.05) is 30.3 Å². The van der Waals surface area contributed by atoms with E-state index in [0.717, 1.165) is 5.56 Å². The van der Waals surface area contributed by atoms with Gasteiger partial charge in [0.1, 0.15) is 6.10 Å². The zero-order valence-corrected chi connectivity index (χ0v) is 11.7. The quantitative estimate of drug-likeness (QED) is 0.797. The predicted octanol–water partition coefficient (Wildman–Crippen LogP) is 2.52. The highest BCUT2D eigenvalue weighted by Gasteiger charge is 2.38. The third-order valence-corrected chi connectivity index (χ3v) is 3.28. The van der Waals surface area contributed by atoms with Crippen molar-refractivity contribution < 1.29 is 19.1 Å². The molecule has 0 unspecified atom stereocenters. The number of likely N-dealkylation sites (tertiary alicyclic amines) is 1. The van der Waals surface area contributed by atoms with Crippen molar-refractivity contribution in [3.8, 4) is 0 Å². The largest absolute Gasteiger partial charge is 0.461 e. The van der Waals surface area contributed by atoms with Crippen molar-refractivity contribution in [2.24, 2.45) is 0 Å². The van der Waals surface area contributed by atoms with Gasteiger partial charge in [-0.15, -0.1) is 0 Å². The summed E-state index contributed by atoms with van der Waals surface area (Å²) in [7, 11) is 0. The number of hydrogen-bond acceptors (Lipinski definition) is 4. The van der Waals surface area contributed by atoms with Gasteiger partial charge >= 0.3 is 12.1 Å². The first-order chi connectivity index (χ1) is 9.61. The van der Waals surface area contributed by atoms with E-state index in [2.05, 4.69) is 0 Å². The van der Waals surface area contributed by atoms with Gasteiger partial charge in [0, 0.05) is 13.3 Å². The Morgan fingerprint density at radius 3 is 2.60 bits per heavy atom. The van der Waals surface area contributed by atoms with Gasteiger partial charge in [-0.2, -0.15) is 0 Å². The van der Waals surface area contributed by atoms with Crippen LogP contribution in [0.15, 0.2) is 30.3 Å². The van der Waals surface area contributed by atoms with E-state index in [1.54, 1.807) is 11.8 Å². The fourth-order valence-electron chi connectivity index (χ4n) is 2.52. The molecule has 1 fully saturated rings. The molecule has 1 heterocycles. The summed E-state index contributed by atoms with van der Waals surface area (Å²) in [4.78, 5) is 24.7. The van der Waals surface area contributed by atoms with Crippen molar-refractivity contribution in [3.63, 3.8) is 0 Å². The maximum atomic E-state index is 12.0. The van der Waals surface area contributed by atoms with E-state index in [4.69, 9.17) is 9.47 Å². The van der Waals surface area contributed by atoms with Gasteiger partial charge in [0.05, 0.1) is 19.2 Å². The molecule has 2 atom stereocenters. The summed E-state index contributed by atoms with van der Waals surface area (Å²) in [6.45, 7) is 3.85. The SMILES string of the molecule is CCOC(=O)N1C[C@H](OC(C)=O)C[C@@H]1c1ccccc1. The second-order valence-electron chi connectivity index (χ2n) is 4.74. The molecule has 0 bridgehead atoms. The summed E-state index contributed by atoms with van der Waals surface area (Å²) >= 11 is 0. The summed E-state index contributed by atoms with van der Waals surface area (Å²) in [5.74, 6) is -0.326. The van der Waals surface area contributed by atoms with Crippen LogP contribution < -0.4 is 0 Å². The third kappa shape index (κ3) is 3.29. The van der Waals surface area contributed by atoms with Crippen molar-refractivity contribution in [1.82, 2.24) is 4.90 Å². The van der Waals surface area contributed by atoms with Gasteiger partial charge in [0.15, 0.2) is 0 Å². The smallest absolute Gasteiger partial charge is 0.410 e. The first-order valence-corrected chi connectivity index (χ1v) is 6.77. The van der Waals surface area contributed by atoms with Crippen LogP contribution in [0.25, 0.3) is 0 Å². The van der Waals surface area contributed by atoms with Crippen LogP contribution in [0, 0.1) is 0 Å². The minimum atomic E-state index is -0.365. The molecule has 5 heteroatoms. The minimum absolute atomic E-state index is 0.111. The molecule has 0 aromatic heterocycles. The van der Waals surface area contributed by atoms with Crippen LogP contribution >= 0.6 is 0 Å². The molecule has 1 aromatic carbocycles. The molecule has 1 aromatic rings. The summed E-state index contributed by atoms with van der Waals surface area (Å²) in [5.41, 5.74) is 1.02. The first kappa shape index (κ1) is 14.4. The summed E-state index contributed by atoms with van der Waals surface area (Å²) < 4.78 is 10.3. The second kappa shape index (κ2) is 6.41. The predicted molar refractivity (Wildman–Crippen MR) is 73.1 cm³/mol. The summed E-state index contributed by atoms with van der Waals surface area (Å²) in [6.07, 6.45) is -0.0410. The van der Waals surface area contributed by atoms with Crippen LogP contribution in [0.2, 0.25) is 0 Å². The molecule has 0 spiro atoms. The van der Waals surface area contributed by atoms with Crippen molar-refractivity contribution in [2.75, 3.05) is 13.2 Å². The van der Waals surface area contributed by atoms with Gasteiger partial charge in [-0.25, -0.2) is 4.79 Å². The molecule has 20 heavy (non-hydrogen) atoms. The number of rotatable bonds is 3. The lowest BCUT2D eigenvalue weighted by atomic mass is 10.0. The molecule has 1 amide bonds. The van der Waals surface area contributed by atoms with Gasteiger partial charge in [-0.1, -0.05) is 30.3 Å². The number of nitrogens with zero attached hydrogens (tertiary/aromatic N) is 1. The molecule has 0 aliphatic carbocycles. The van der Waals surface area contributed by atoms with Crippen molar-refractivity contribution in [1.29, 1.82) is 0 Å². The molecule has 1 aliphatic heterocycles. The normalized spacial score (nSPS) is 21.6. The molecule has 0 saturated carbocycles. The second-order valence-corrected chi connectivity index (χ2v) is 4.74. The number of carbonyl (C=O) groups is 2. The Kier molecular flexibility index (Phi) is 4.61. The monoisotopic (exact) mass is 277 g/mol. The highest BCUT2D eigenvalue weighted by molar-refractivity contribution is 5.69. The van der Waals surface area contributed by atoms with Gasteiger partial charge in [-0.05, 0) is 12.5 Å². The molecule has 2 rings (SSSR count). The van der Waals surface area contributed by atoms with Gasteiger partial charge in [-0.3, -0.25) is 9.69 Å². The Bertz CT molecular complexity index is 474. The fraction of sp³-hybridized carbons (Fsp3) is 0.467. The van der Waals surface area contributed by atoms with Crippen molar-refractivity contribution in [2.45, 2.75) is 32.4 Å². The van der Waals surface area contributed by atoms with Crippen LogP contribution in [0.3, 0.4) is 0 Å². The lowest BCUT2D eigenvalue weighted by molar-refractivity contribution is -0.145. The van der Waals surface area contributed by atoms with Crippen LogP contribution in [-0.2, 0) is 14.3 Å². The van der Waals surface area contributed by atoms with Gasteiger partial charge in [0.25, 0.3) is 0 Å². The van der Waals surface area contributed by atoms with E-state index >= 15 is 0 Å². The molecular weight excluding hydrogens is 258 g/mol. The molecule has 0 N–H and O–H groups in total. The Labute approximate surface area is 118 Å². The third-order valence-electron chi connectivity index (χ3n) is 3.28. The lowest BCUT2D eigenvalue weighted by Gasteiger charge is -2.23. The summed E-state index contributed by atoms with van der Waals surface area (Å²) in [5, 5.41) is 0. The highest BCUT2D eigenvalue weighted by atomic mass is 16.6. The van der Waals surface area contributed by atoms with Crippen molar-refractivity contribution in [3.05, 3.63) is 35.9 Å². The molecule has 0 radical (unpaired) electrons. The number of hydrogen-bond donors (Lipinski definition) is 0. The Morgan fingerprint density at radius 1 is 1.30 bits per heavy atom. The van der Waals surface area contributed by atoms with Crippen LogP contribution in [-0.4, -0.2) is 36.2 Å². The molecule has 1 saturated heterocycles. The van der Waals surface area contributed by atoms with Gasteiger partial charge in [0.2, 0.25) is 0 Å². The zero-order valence-electron chi connectivity index (χ0n) is 11.7. The zero-order chi connectivity index (χ0) is 14.5. The highest BCUT2D eigenvalue weighted by Crippen LogP contribution is 2.33. The van der Waals surface area contributed by atoms with E-state index in [-0.39, 0.29) is 24.2 Å². The molecular formula is C15H19NO4. The molecule has 1 aliphatic rings. The van der Waals surface area contributed by atoms with E-state index in [9.17, 15) is 9.59 Å². The standard InChI is InChI=1S/C15H19NO4/c1-3-19-15(18)16-10-13(20-11(2)17)9-14(16)12-7-5-4-6-8-12/h4-8,13-14H,3,9-10H2,1-2H3/t13-,14-/m1/s1. The average molecular weight is 277 g/mol. The lowest BCUT2D eigenvalue weighted by Crippen LogP contribution is -2.32. The minimum Gasteiger partial charge on any atom is -0.461 e. The topological polar surface area (TPSA) is 55.8 Å². The molecule has 108 valence electrons. The van der Waals surface area contributed by atoms with Gasteiger partial charge < -0.3 is 9.47 Å². The maximum absolute atomic E-state index is 12.0. The maximum Gasteiger partial charge on any atom is 0.410 e. The number of amides is 1. The van der Waals surface area contributed by atoms with Crippen LogP contribution in [0.1, 0.15) is 31.9 Å². The van der Waals surface area contributed by atoms with Crippen molar-refractivity contribution >= 4 is 12.1 Å². The Hall–Kier alpha value is -2.04. The van der Waals surface area contributed by atoms with E-state index < -0.39 is 0 Å². The number of benzene rings is 1. The van der Waals surface area contributed by atoms with E-state index in [0.29, 0.717) is 19.6 Å². The first-order valence-electron chi connectivity index (χ1n) is 6.77. The average Bonchev–Trinajstić information content (AvgIpc) is 2.83. The fourth-order valence-corrected chi connectivity index (χ4v) is 2.52.